The number of benzene rings is 2. The Labute approximate surface area is 153 Å². The SMILES string of the molecule is COc1cccc(Oc2ccc(NC(=O)N3CCCC[C@H]3CN)cc2)c1. The topological polar surface area (TPSA) is 76.8 Å². The van der Waals surface area contributed by atoms with Gasteiger partial charge in [0.15, 0.2) is 0 Å². The molecule has 0 unspecified atom stereocenters. The van der Waals surface area contributed by atoms with Crippen molar-refractivity contribution in [1.82, 2.24) is 4.90 Å². The third-order valence-electron chi connectivity index (χ3n) is 4.54. The maximum atomic E-state index is 12.5. The predicted octanol–water partition coefficient (Wildman–Crippen LogP) is 3.83. The number of nitrogens with zero attached hydrogens (tertiary/aromatic N) is 1. The third-order valence-corrected chi connectivity index (χ3v) is 4.54. The highest BCUT2D eigenvalue weighted by Crippen LogP contribution is 2.26. The number of carbonyl (C=O) groups excluding carboxylic acids is 1. The molecule has 2 aromatic carbocycles. The largest absolute Gasteiger partial charge is 0.497 e. The van der Waals surface area contributed by atoms with Crippen LogP contribution >= 0.6 is 0 Å². The van der Waals surface area contributed by atoms with E-state index in [0.29, 0.717) is 18.0 Å². The molecule has 1 saturated heterocycles. The first-order valence-electron chi connectivity index (χ1n) is 8.89. The second-order valence-corrected chi connectivity index (χ2v) is 6.31. The minimum Gasteiger partial charge on any atom is -0.497 e. The number of carbonyl (C=O) groups is 1. The van der Waals surface area contributed by atoms with Crippen molar-refractivity contribution in [2.75, 3.05) is 25.5 Å². The first-order chi connectivity index (χ1) is 12.7. The zero-order valence-electron chi connectivity index (χ0n) is 15.0. The highest BCUT2D eigenvalue weighted by atomic mass is 16.5. The van der Waals surface area contributed by atoms with Crippen molar-refractivity contribution in [3.05, 3.63) is 48.5 Å². The average Bonchev–Trinajstić information content (AvgIpc) is 2.69. The van der Waals surface area contributed by atoms with Gasteiger partial charge >= 0.3 is 6.03 Å². The number of anilines is 1. The molecule has 0 aliphatic carbocycles. The zero-order chi connectivity index (χ0) is 18.4. The van der Waals surface area contributed by atoms with Gasteiger partial charge in [0.1, 0.15) is 17.2 Å². The number of hydrogen-bond acceptors (Lipinski definition) is 4. The van der Waals surface area contributed by atoms with E-state index in [1.54, 1.807) is 7.11 Å². The van der Waals surface area contributed by atoms with Crippen molar-refractivity contribution in [3.63, 3.8) is 0 Å². The quantitative estimate of drug-likeness (QED) is 0.854. The van der Waals surface area contributed by atoms with E-state index in [9.17, 15) is 4.79 Å². The van der Waals surface area contributed by atoms with Gasteiger partial charge in [0.05, 0.1) is 7.11 Å². The summed E-state index contributed by atoms with van der Waals surface area (Å²) >= 11 is 0. The lowest BCUT2D eigenvalue weighted by atomic mass is 10.0. The standard InChI is InChI=1S/C20H25N3O3/c1-25-18-6-4-7-19(13-18)26-17-10-8-15(9-11-17)22-20(24)23-12-3-2-5-16(23)14-21/h4,6-11,13,16H,2-3,5,12,14,21H2,1H3,(H,22,24)/t16-/m0/s1. The number of hydrogen-bond donors (Lipinski definition) is 2. The maximum absolute atomic E-state index is 12.5. The van der Waals surface area contributed by atoms with E-state index in [1.807, 2.05) is 53.4 Å². The fraction of sp³-hybridized carbons (Fsp3) is 0.350. The van der Waals surface area contributed by atoms with Crippen LogP contribution in [0.4, 0.5) is 10.5 Å². The lowest BCUT2D eigenvalue weighted by Crippen LogP contribution is -2.49. The van der Waals surface area contributed by atoms with Crippen LogP contribution in [0.25, 0.3) is 0 Å². The second kappa shape index (κ2) is 8.58. The fourth-order valence-corrected chi connectivity index (χ4v) is 3.12. The summed E-state index contributed by atoms with van der Waals surface area (Å²) < 4.78 is 11.0. The molecule has 2 amide bonds. The Hall–Kier alpha value is -2.73. The molecule has 0 bridgehead atoms. The molecule has 0 radical (unpaired) electrons. The highest BCUT2D eigenvalue weighted by molar-refractivity contribution is 5.89. The van der Waals surface area contributed by atoms with Crippen molar-refractivity contribution in [2.45, 2.75) is 25.3 Å². The molecule has 6 nitrogen and oxygen atoms in total. The molecule has 26 heavy (non-hydrogen) atoms. The molecular formula is C20H25N3O3. The van der Waals surface area contributed by atoms with Crippen LogP contribution in [0.15, 0.2) is 48.5 Å². The van der Waals surface area contributed by atoms with E-state index in [4.69, 9.17) is 15.2 Å². The van der Waals surface area contributed by atoms with Crippen molar-refractivity contribution in [1.29, 1.82) is 0 Å². The molecule has 3 N–H and O–H groups in total. The summed E-state index contributed by atoms with van der Waals surface area (Å²) in [5.74, 6) is 2.12. The van der Waals surface area contributed by atoms with Crippen LogP contribution in [0.5, 0.6) is 17.2 Å². The number of amides is 2. The predicted molar refractivity (Wildman–Crippen MR) is 102 cm³/mol. The van der Waals surface area contributed by atoms with Gasteiger partial charge in [0, 0.05) is 30.9 Å². The first-order valence-corrected chi connectivity index (χ1v) is 8.89. The Balaban J connectivity index is 1.61. The summed E-state index contributed by atoms with van der Waals surface area (Å²) in [6.45, 7) is 1.26. The smallest absolute Gasteiger partial charge is 0.322 e. The molecule has 1 aliphatic rings. The van der Waals surface area contributed by atoms with Crippen LogP contribution in [0.3, 0.4) is 0 Å². The van der Waals surface area contributed by atoms with Gasteiger partial charge in [0.25, 0.3) is 0 Å². The van der Waals surface area contributed by atoms with E-state index < -0.39 is 0 Å². The number of rotatable bonds is 5. The molecule has 2 aromatic rings. The number of likely N-dealkylation sites (tertiary alicyclic amines) is 1. The Morgan fingerprint density at radius 1 is 1.15 bits per heavy atom. The van der Waals surface area contributed by atoms with E-state index in [2.05, 4.69) is 5.32 Å². The molecule has 1 fully saturated rings. The van der Waals surface area contributed by atoms with Gasteiger partial charge in [-0.1, -0.05) is 6.07 Å². The molecule has 3 rings (SSSR count). The molecule has 0 spiro atoms. The van der Waals surface area contributed by atoms with E-state index in [0.717, 1.165) is 37.2 Å². The summed E-state index contributed by atoms with van der Waals surface area (Å²) in [7, 11) is 1.62. The lowest BCUT2D eigenvalue weighted by molar-refractivity contribution is 0.166. The third kappa shape index (κ3) is 4.46. The van der Waals surface area contributed by atoms with Crippen LogP contribution < -0.4 is 20.5 Å². The summed E-state index contributed by atoms with van der Waals surface area (Å²) in [6, 6.07) is 14.7. The van der Waals surface area contributed by atoms with E-state index in [-0.39, 0.29) is 12.1 Å². The molecule has 1 heterocycles. The minimum atomic E-state index is -0.0957. The Morgan fingerprint density at radius 3 is 2.65 bits per heavy atom. The van der Waals surface area contributed by atoms with E-state index in [1.165, 1.54) is 0 Å². The van der Waals surface area contributed by atoms with Crippen LogP contribution in [0.2, 0.25) is 0 Å². The molecule has 0 saturated carbocycles. The number of piperidine rings is 1. The van der Waals surface area contributed by atoms with E-state index >= 15 is 0 Å². The van der Waals surface area contributed by atoms with Gasteiger partial charge in [-0.25, -0.2) is 4.79 Å². The summed E-state index contributed by atoms with van der Waals surface area (Å²) in [5.41, 5.74) is 6.52. The number of nitrogens with one attached hydrogen (secondary N) is 1. The van der Waals surface area contributed by atoms with Gasteiger partial charge in [-0.15, -0.1) is 0 Å². The second-order valence-electron chi connectivity index (χ2n) is 6.31. The van der Waals surface area contributed by atoms with Crippen LogP contribution in [-0.2, 0) is 0 Å². The number of nitrogens with two attached hydrogens (primary N) is 1. The van der Waals surface area contributed by atoms with Crippen LogP contribution in [0.1, 0.15) is 19.3 Å². The van der Waals surface area contributed by atoms with Gasteiger partial charge in [0.2, 0.25) is 0 Å². The van der Waals surface area contributed by atoms with Gasteiger partial charge in [-0.05, 0) is 55.7 Å². The van der Waals surface area contributed by atoms with Crippen LogP contribution in [-0.4, -0.2) is 37.2 Å². The number of methoxy groups -OCH3 is 1. The van der Waals surface area contributed by atoms with Crippen molar-refractivity contribution >= 4 is 11.7 Å². The molecule has 1 aliphatic heterocycles. The molecule has 138 valence electrons. The van der Waals surface area contributed by atoms with Gasteiger partial charge < -0.3 is 25.4 Å². The zero-order valence-corrected chi connectivity index (χ0v) is 15.0. The van der Waals surface area contributed by atoms with Crippen LogP contribution in [0, 0.1) is 0 Å². The first kappa shape index (κ1) is 18.1. The lowest BCUT2D eigenvalue weighted by Gasteiger charge is -2.34. The Morgan fingerprint density at radius 2 is 1.92 bits per heavy atom. The highest BCUT2D eigenvalue weighted by Gasteiger charge is 2.25. The number of ether oxygens (including phenoxy) is 2. The summed E-state index contributed by atoms with van der Waals surface area (Å²) in [5, 5.41) is 2.94. The average molecular weight is 355 g/mol. The van der Waals surface area contributed by atoms with Crippen molar-refractivity contribution in [2.24, 2.45) is 5.73 Å². The van der Waals surface area contributed by atoms with Crippen molar-refractivity contribution in [3.8, 4) is 17.2 Å². The molecular weight excluding hydrogens is 330 g/mol. The van der Waals surface area contributed by atoms with Gasteiger partial charge in [-0.2, -0.15) is 0 Å². The monoisotopic (exact) mass is 355 g/mol. The molecule has 0 aromatic heterocycles. The molecule has 6 heteroatoms. The summed E-state index contributed by atoms with van der Waals surface area (Å²) in [4.78, 5) is 14.3. The fourth-order valence-electron chi connectivity index (χ4n) is 3.12. The summed E-state index contributed by atoms with van der Waals surface area (Å²) in [6.07, 6.45) is 3.12. The Bertz CT molecular complexity index is 733. The Kier molecular flexibility index (Phi) is 5.96. The number of urea groups is 1. The van der Waals surface area contributed by atoms with Gasteiger partial charge in [-0.3, -0.25) is 0 Å². The maximum Gasteiger partial charge on any atom is 0.322 e. The normalized spacial score (nSPS) is 16.8. The molecule has 1 atom stereocenters. The van der Waals surface area contributed by atoms with Crippen molar-refractivity contribution < 1.29 is 14.3 Å². The minimum absolute atomic E-state index is 0.0957.